The van der Waals surface area contributed by atoms with E-state index in [1.807, 2.05) is 4.90 Å². The number of amides is 1. The Morgan fingerprint density at radius 3 is 2.47 bits per heavy atom. The second kappa shape index (κ2) is 5.29. The summed E-state index contributed by atoms with van der Waals surface area (Å²) in [6.07, 6.45) is 4.01. The maximum absolute atomic E-state index is 11.9. The Hall–Kier alpha value is -0.860. The molecule has 0 aromatic rings. The second-order valence-electron chi connectivity index (χ2n) is 4.49. The van der Waals surface area contributed by atoms with Crippen molar-refractivity contribution in [3.05, 3.63) is 0 Å². The van der Waals surface area contributed by atoms with Crippen molar-refractivity contribution in [2.24, 2.45) is 0 Å². The van der Waals surface area contributed by atoms with E-state index in [0.29, 0.717) is 24.9 Å². The lowest BCUT2D eigenvalue weighted by Crippen LogP contribution is -2.39. The monoisotopic (exact) mass is 211 g/mol. The SMILES string of the molecule is CCC1CCC(C)N1C(=O)CCC(C)=O. The largest absolute Gasteiger partial charge is 0.337 e. The predicted octanol–water partition coefficient (Wildman–Crippen LogP) is 2.15. The van der Waals surface area contributed by atoms with Gasteiger partial charge in [0.15, 0.2) is 0 Å². The van der Waals surface area contributed by atoms with Crippen LogP contribution in [0.1, 0.15) is 52.9 Å². The van der Waals surface area contributed by atoms with Crippen LogP contribution in [0.2, 0.25) is 0 Å². The lowest BCUT2D eigenvalue weighted by atomic mass is 10.1. The molecule has 2 unspecified atom stereocenters. The van der Waals surface area contributed by atoms with Crippen LogP contribution in [-0.4, -0.2) is 28.7 Å². The average molecular weight is 211 g/mol. The highest BCUT2D eigenvalue weighted by Crippen LogP contribution is 2.26. The predicted molar refractivity (Wildman–Crippen MR) is 59.5 cm³/mol. The first kappa shape index (κ1) is 12.2. The molecule has 2 atom stereocenters. The first-order valence-corrected chi connectivity index (χ1v) is 5.86. The van der Waals surface area contributed by atoms with Gasteiger partial charge in [-0.15, -0.1) is 0 Å². The number of hydrogen-bond donors (Lipinski definition) is 0. The Bertz CT molecular complexity index is 250. The Morgan fingerprint density at radius 1 is 1.27 bits per heavy atom. The third-order valence-corrected chi connectivity index (χ3v) is 3.24. The zero-order valence-corrected chi connectivity index (χ0v) is 9.95. The standard InChI is InChI=1S/C12H21NO2/c1-4-11-7-5-9(2)13(11)12(15)8-6-10(3)14/h9,11H,4-8H2,1-3H3. The smallest absolute Gasteiger partial charge is 0.223 e. The highest BCUT2D eigenvalue weighted by atomic mass is 16.2. The Kier molecular flexibility index (Phi) is 4.30. The summed E-state index contributed by atoms with van der Waals surface area (Å²) in [5, 5.41) is 0. The minimum Gasteiger partial charge on any atom is -0.337 e. The number of Topliss-reactive ketones (excluding diaryl/α,β-unsaturated/α-hetero) is 1. The van der Waals surface area contributed by atoms with Crippen LogP contribution in [0.15, 0.2) is 0 Å². The number of ketones is 1. The van der Waals surface area contributed by atoms with Gasteiger partial charge in [0.2, 0.25) is 5.91 Å². The highest BCUT2D eigenvalue weighted by molar-refractivity contribution is 5.84. The van der Waals surface area contributed by atoms with Crippen molar-refractivity contribution in [2.75, 3.05) is 0 Å². The maximum Gasteiger partial charge on any atom is 0.223 e. The number of rotatable bonds is 4. The van der Waals surface area contributed by atoms with Gasteiger partial charge in [-0.3, -0.25) is 4.79 Å². The van der Waals surface area contributed by atoms with Crippen molar-refractivity contribution in [2.45, 2.75) is 65.0 Å². The lowest BCUT2D eigenvalue weighted by molar-refractivity contribution is -0.135. The fourth-order valence-electron chi connectivity index (χ4n) is 2.33. The number of hydrogen-bond acceptors (Lipinski definition) is 2. The van der Waals surface area contributed by atoms with E-state index in [9.17, 15) is 9.59 Å². The number of carbonyl (C=O) groups excluding carboxylic acids is 2. The van der Waals surface area contributed by atoms with E-state index in [-0.39, 0.29) is 11.7 Å². The second-order valence-corrected chi connectivity index (χ2v) is 4.49. The molecule has 15 heavy (non-hydrogen) atoms. The minimum absolute atomic E-state index is 0.100. The molecule has 1 fully saturated rings. The summed E-state index contributed by atoms with van der Waals surface area (Å²) >= 11 is 0. The summed E-state index contributed by atoms with van der Waals surface area (Å²) < 4.78 is 0. The van der Waals surface area contributed by atoms with Crippen LogP contribution in [0.25, 0.3) is 0 Å². The molecule has 0 radical (unpaired) electrons. The van der Waals surface area contributed by atoms with E-state index in [1.54, 1.807) is 0 Å². The topological polar surface area (TPSA) is 37.4 Å². The molecule has 1 heterocycles. The molecule has 0 bridgehead atoms. The Labute approximate surface area is 91.8 Å². The van der Waals surface area contributed by atoms with Crippen molar-refractivity contribution in [1.29, 1.82) is 0 Å². The van der Waals surface area contributed by atoms with Gasteiger partial charge in [0, 0.05) is 24.9 Å². The summed E-state index contributed by atoms with van der Waals surface area (Å²) in [6, 6.07) is 0.758. The minimum atomic E-state index is 0.100. The van der Waals surface area contributed by atoms with Crippen molar-refractivity contribution in [3.63, 3.8) is 0 Å². The van der Waals surface area contributed by atoms with E-state index in [1.165, 1.54) is 6.92 Å². The third kappa shape index (κ3) is 3.05. The van der Waals surface area contributed by atoms with Crippen LogP contribution in [0.3, 0.4) is 0 Å². The molecule has 0 saturated carbocycles. The third-order valence-electron chi connectivity index (χ3n) is 3.24. The summed E-state index contributed by atoms with van der Waals surface area (Å²) in [5.74, 6) is 0.255. The Balaban J connectivity index is 2.52. The molecule has 3 heteroatoms. The van der Waals surface area contributed by atoms with Gasteiger partial charge in [0.05, 0.1) is 0 Å². The van der Waals surface area contributed by atoms with E-state index < -0.39 is 0 Å². The first-order chi connectivity index (χ1) is 7.06. The highest BCUT2D eigenvalue weighted by Gasteiger charge is 2.32. The van der Waals surface area contributed by atoms with Gasteiger partial charge in [-0.05, 0) is 33.1 Å². The van der Waals surface area contributed by atoms with Crippen molar-refractivity contribution < 1.29 is 9.59 Å². The van der Waals surface area contributed by atoms with Gasteiger partial charge in [-0.25, -0.2) is 0 Å². The quantitative estimate of drug-likeness (QED) is 0.714. The number of nitrogens with zero attached hydrogens (tertiary/aromatic N) is 1. The van der Waals surface area contributed by atoms with Crippen molar-refractivity contribution in [1.82, 2.24) is 4.90 Å². The molecular formula is C12H21NO2. The molecular weight excluding hydrogens is 190 g/mol. The van der Waals surface area contributed by atoms with Crippen molar-refractivity contribution >= 4 is 11.7 Å². The molecule has 0 aliphatic carbocycles. The average Bonchev–Trinajstić information content (AvgIpc) is 2.56. The number of likely N-dealkylation sites (tertiary alicyclic amines) is 1. The normalized spacial score (nSPS) is 25.7. The molecule has 1 aliphatic heterocycles. The zero-order valence-electron chi connectivity index (χ0n) is 9.95. The van der Waals surface area contributed by atoms with Crippen molar-refractivity contribution in [3.8, 4) is 0 Å². The van der Waals surface area contributed by atoms with Crippen LogP contribution in [0.4, 0.5) is 0 Å². The van der Waals surface area contributed by atoms with Crippen LogP contribution in [0, 0.1) is 0 Å². The molecule has 0 spiro atoms. The van der Waals surface area contributed by atoms with E-state index in [4.69, 9.17) is 0 Å². The molecule has 1 saturated heterocycles. The fourth-order valence-corrected chi connectivity index (χ4v) is 2.33. The van der Waals surface area contributed by atoms with Crippen LogP contribution in [0.5, 0.6) is 0 Å². The van der Waals surface area contributed by atoms with Crippen LogP contribution >= 0.6 is 0 Å². The maximum atomic E-state index is 11.9. The summed E-state index contributed by atoms with van der Waals surface area (Å²) in [4.78, 5) is 24.7. The van der Waals surface area contributed by atoms with Crippen LogP contribution < -0.4 is 0 Å². The summed E-state index contributed by atoms with van der Waals surface area (Å²) in [7, 11) is 0. The number of carbonyl (C=O) groups is 2. The molecule has 1 rings (SSSR count). The lowest BCUT2D eigenvalue weighted by Gasteiger charge is -2.28. The zero-order chi connectivity index (χ0) is 11.4. The molecule has 0 N–H and O–H groups in total. The molecule has 0 aromatic carbocycles. The molecule has 1 amide bonds. The Morgan fingerprint density at radius 2 is 1.93 bits per heavy atom. The fraction of sp³-hybridized carbons (Fsp3) is 0.833. The molecule has 1 aliphatic rings. The molecule has 0 aromatic heterocycles. The van der Waals surface area contributed by atoms with Gasteiger partial charge < -0.3 is 9.69 Å². The summed E-state index contributed by atoms with van der Waals surface area (Å²) in [5.41, 5.74) is 0. The molecule has 3 nitrogen and oxygen atoms in total. The van der Waals surface area contributed by atoms with Gasteiger partial charge in [-0.2, -0.15) is 0 Å². The van der Waals surface area contributed by atoms with Crippen LogP contribution in [-0.2, 0) is 9.59 Å². The molecule has 86 valence electrons. The van der Waals surface area contributed by atoms with Gasteiger partial charge in [0.1, 0.15) is 5.78 Å². The summed E-state index contributed by atoms with van der Waals surface area (Å²) in [6.45, 7) is 5.76. The van der Waals surface area contributed by atoms with E-state index in [0.717, 1.165) is 19.3 Å². The van der Waals surface area contributed by atoms with Gasteiger partial charge >= 0.3 is 0 Å². The van der Waals surface area contributed by atoms with Gasteiger partial charge in [-0.1, -0.05) is 6.92 Å². The first-order valence-electron chi connectivity index (χ1n) is 5.86. The van der Waals surface area contributed by atoms with E-state index in [2.05, 4.69) is 13.8 Å². The van der Waals surface area contributed by atoms with E-state index >= 15 is 0 Å². The van der Waals surface area contributed by atoms with Gasteiger partial charge in [0.25, 0.3) is 0 Å².